The van der Waals surface area contributed by atoms with E-state index in [0.29, 0.717) is 19.5 Å². The van der Waals surface area contributed by atoms with Gasteiger partial charge in [-0.1, -0.05) is 42.5 Å². The van der Waals surface area contributed by atoms with E-state index < -0.39 is 0 Å². The molecule has 1 aliphatic heterocycles. The Bertz CT molecular complexity index is 805. The number of nitrogens with one attached hydrogen (secondary N) is 2. The van der Waals surface area contributed by atoms with Gasteiger partial charge in [0.05, 0.1) is 13.2 Å². The van der Waals surface area contributed by atoms with Gasteiger partial charge in [-0.15, -0.1) is 0 Å². The minimum atomic E-state index is 0.0114. The second-order valence-corrected chi connectivity index (χ2v) is 7.18. The molecule has 0 saturated carbocycles. The Morgan fingerprint density at radius 3 is 2.52 bits per heavy atom. The van der Waals surface area contributed by atoms with Crippen molar-refractivity contribution in [3.8, 4) is 0 Å². The number of carbonyl (C=O) groups is 1. The smallest absolute Gasteiger partial charge is 0.227 e. The standard InChI is InChI=1S/C23H30N4O2/c1-2-24-23(26-16-20(17-28)19-7-4-3-5-8-19)25-15-18-10-12-21(13-11-18)27-14-6-9-22(27)29/h3-5,7-8,10-13,20,28H,2,6,9,14-17H2,1H3,(H2,24,25,26). The second kappa shape index (κ2) is 10.6. The fourth-order valence-electron chi connectivity index (χ4n) is 3.45. The van der Waals surface area contributed by atoms with Crippen LogP contribution >= 0.6 is 0 Å². The zero-order valence-electron chi connectivity index (χ0n) is 17.0. The van der Waals surface area contributed by atoms with Gasteiger partial charge in [0, 0.05) is 37.7 Å². The summed E-state index contributed by atoms with van der Waals surface area (Å²) < 4.78 is 0. The molecule has 0 aliphatic carbocycles. The van der Waals surface area contributed by atoms with E-state index in [0.717, 1.165) is 42.3 Å². The molecule has 154 valence electrons. The number of amides is 1. The maximum absolute atomic E-state index is 11.9. The largest absolute Gasteiger partial charge is 0.396 e. The lowest BCUT2D eigenvalue weighted by molar-refractivity contribution is -0.117. The molecule has 29 heavy (non-hydrogen) atoms. The van der Waals surface area contributed by atoms with Crippen LogP contribution in [0.15, 0.2) is 59.6 Å². The molecule has 2 aromatic rings. The molecule has 6 heteroatoms. The number of aliphatic hydroxyl groups excluding tert-OH is 1. The average molecular weight is 395 g/mol. The van der Waals surface area contributed by atoms with E-state index in [1.165, 1.54) is 0 Å². The molecule has 1 atom stereocenters. The molecule has 0 radical (unpaired) electrons. The summed E-state index contributed by atoms with van der Waals surface area (Å²) in [6, 6.07) is 18.0. The minimum absolute atomic E-state index is 0.0114. The first-order valence-corrected chi connectivity index (χ1v) is 10.3. The summed E-state index contributed by atoms with van der Waals surface area (Å²) in [7, 11) is 0. The Labute approximate surface area is 172 Å². The molecule has 1 heterocycles. The Hall–Kier alpha value is -2.86. The van der Waals surface area contributed by atoms with Crippen molar-refractivity contribution in [2.45, 2.75) is 32.2 Å². The van der Waals surface area contributed by atoms with Crippen LogP contribution < -0.4 is 15.5 Å². The number of benzene rings is 2. The van der Waals surface area contributed by atoms with Crippen LogP contribution in [-0.4, -0.2) is 43.2 Å². The van der Waals surface area contributed by atoms with Gasteiger partial charge in [0.2, 0.25) is 5.91 Å². The highest BCUT2D eigenvalue weighted by molar-refractivity contribution is 5.95. The van der Waals surface area contributed by atoms with Crippen LogP contribution in [0.25, 0.3) is 0 Å². The molecule has 3 N–H and O–H groups in total. The monoisotopic (exact) mass is 394 g/mol. The Balaban J connectivity index is 1.59. The van der Waals surface area contributed by atoms with Crippen LogP contribution in [0.4, 0.5) is 5.69 Å². The van der Waals surface area contributed by atoms with Gasteiger partial charge in [-0.05, 0) is 36.6 Å². The Kier molecular flexibility index (Phi) is 7.64. The first-order valence-electron chi connectivity index (χ1n) is 10.3. The van der Waals surface area contributed by atoms with E-state index >= 15 is 0 Å². The number of hydrogen-bond acceptors (Lipinski definition) is 3. The number of aliphatic hydroxyl groups is 1. The van der Waals surface area contributed by atoms with E-state index in [1.54, 1.807) is 0 Å². The fraction of sp³-hybridized carbons (Fsp3) is 0.391. The van der Waals surface area contributed by atoms with Crippen LogP contribution in [0.3, 0.4) is 0 Å². The maximum Gasteiger partial charge on any atom is 0.227 e. The molecule has 1 saturated heterocycles. The molecule has 0 spiro atoms. The lowest BCUT2D eigenvalue weighted by atomic mass is 10.0. The van der Waals surface area contributed by atoms with Gasteiger partial charge < -0.3 is 20.6 Å². The summed E-state index contributed by atoms with van der Waals surface area (Å²) in [6.45, 7) is 4.81. The molecule has 1 fully saturated rings. The van der Waals surface area contributed by atoms with Crippen molar-refractivity contribution in [1.29, 1.82) is 0 Å². The molecule has 3 rings (SSSR count). The molecule has 1 unspecified atom stereocenters. The van der Waals surface area contributed by atoms with E-state index in [1.807, 2.05) is 66.4 Å². The highest BCUT2D eigenvalue weighted by Crippen LogP contribution is 2.21. The molecule has 6 nitrogen and oxygen atoms in total. The van der Waals surface area contributed by atoms with Crippen molar-refractivity contribution in [3.63, 3.8) is 0 Å². The third-order valence-electron chi connectivity index (χ3n) is 5.09. The number of anilines is 1. The average Bonchev–Trinajstić information content (AvgIpc) is 3.19. The number of guanidine groups is 1. The van der Waals surface area contributed by atoms with E-state index in [2.05, 4.69) is 15.6 Å². The van der Waals surface area contributed by atoms with Gasteiger partial charge in [-0.25, -0.2) is 4.99 Å². The highest BCUT2D eigenvalue weighted by atomic mass is 16.3. The second-order valence-electron chi connectivity index (χ2n) is 7.18. The normalized spacial score (nSPS) is 15.4. The summed E-state index contributed by atoms with van der Waals surface area (Å²) in [4.78, 5) is 18.4. The number of carbonyl (C=O) groups excluding carboxylic acids is 1. The predicted octanol–water partition coefficient (Wildman–Crippen LogP) is 2.64. The van der Waals surface area contributed by atoms with Crippen molar-refractivity contribution in [1.82, 2.24) is 10.6 Å². The third kappa shape index (κ3) is 5.81. The Morgan fingerprint density at radius 1 is 1.14 bits per heavy atom. The highest BCUT2D eigenvalue weighted by Gasteiger charge is 2.21. The van der Waals surface area contributed by atoms with E-state index in [4.69, 9.17) is 0 Å². The summed E-state index contributed by atoms with van der Waals surface area (Å²) in [5, 5.41) is 16.3. The molecule has 0 aromatic heterocycles. The van der Waals surface area contributed by atoms with Crippen molar-refractivity contribution < 1.29 is 9.90 Å². The predicted molar refractivity (Wildman–Crippen MR) is 117 cm³/mol. The minimum Gasteiger partial charge on any atom is -0.396 e. The lowest BCUT2D eigenvalue weighted by Gasteiger charge is -2.18. The van der Waals surface area contributed by atoms with E-state index in [9.17, 15) is 9.90 Å². The van der Waals surface area contributed by atoms with Crippen LogP contribution in [0.5, 0.6) is 0 Å². The van der Waals surface area contributed by atoms with Gasteiger partial charge in [0.1, 0.15) is 0 Å². The van der Waals surface area contributed by atoms with Gasteiger partial charge in [-0.3, -0.25) is 4.79 Å². The van der Waals surface area contributed by atoms with Crippen LogP contribution in [0, 0.1) is 0 Å². The molecule has 1 amide bonds. The van der Waals surface area contributed by atoms with Crippen LogP contribution in [-0.2, 0) is 11.3 Å². The molecule has 1 aliphatic rings. The number of hydrogen-bond donors (Lipinski definition) is 3. The summed E-state index contributed by atoms with van der Waals surface area (Å²) in [5.74, 6) is 0.935. The summed E-state index contributed by atoms with van der Waals surface area (Å²) >= 11 is 0. The first kappa shape index (κ1) is 20.9. The summed E-state index contributed by atoms with van der Waals surface area (Å²) in [5.41, 5.74) is 3.14. The van der Waals surface area contributed by atoms with Gasteiger partial charge in [0.15, 0.2) is 5.96 Å². The molecule has 2 aromatic carbocycles. The lowest BCUT2D eigenvalue weighted by Crippen LogP contribution is -2.39. The first-order chi connectivity index (χ1) is 14.2. The van der Waals surface area contributed by atoms with Crippen molar-refractivity contribution in [2.24, 2.45) is 4.99 Å². The SMILES string of the molecule is CCNC(=NCc1ccc(N2CCCC2=O)cc1)NCC(CO)c1ccccc1. The number of rotatable bonds is 8. The number of aliphatic imine (C=N–C) groups is 1. The third-order valence-corrected chi connectivity index (χ3v) is 5.09. The topological polar surface area (TPSA) is 77.0 Å². The summed E-state index contributed by atoms with van der Waals surface area (Å²) in [6.07, 6.45) is 1.57. The van der Waals surface area contributed by atoms with Crippen LogP contribution in [0.2, 0.25) is 0 Å². The zero-order chi connectivity index (χ0) is 20.5. The van der Waals surface area contributed by atoms with E-state index in [-0.39, 0.29) is 18.4 Å². The Morgan fingerprint density at radius 2 is 1.90 bits per heavy atom. The van der Waals surface area contributed by atoms with Gasteiger partial charge >= 0.3 is 0 Å². The van der Waals surface area contributed by atoms with Crippen molar-refractivity contribution in [3.05, 3.63) is 65.7 Å². The quantitative estimate of drug-likeness (QED) is 0.475. The molecular formula is C23H30N4O2. The fourth-order valence-corrected chi connectivity index (χ4v) is 3.45. The maximum atomic E-state index is 11.9. The molecular weight excluding hydrogens is 364 g/mol. The number of nitrogens with zero attached hydrogens (tertiary/aromatic N) is 2. The van der Waals surface area contributed by atoms with Crippen molar-refractivity contribution in [2.75, 3.05) is 31.1 Å². The van der Waals surface area contributed by atoms with Crippen molar-refractivity contribution >= 4 is 17.6 Å². The zero-order valence-corrected chi connectivity index (χ0v) is 17.0. The van der Waals surface area contributed by atoms with Crippen LogP contribution in [0.1, 0.15) is 36.8 Å². The van der Waals surface area contributed by atoms with Gasteiger partial charge in [0.25, 0.3) is 0 Å². The molecule has 0 bridgehead atoms. The van der Waals surface area contributed by atoms with Gasteiger partial charge in [-0.2, -0.15) is 0 Å².